The Morgan fingerprint density at radius 3 is 2.57 bits per heavy atom. The molecule has 0 spiro atoms. The van der Waals surface area contributed by atoms with E-state index < -0.39 is 0 Å². The zero-order chi connectivity index (χ0) is 9.10. The van der Waals surface area contributed by atoms with Gasteiger partial charge >= 0.3 is 0 Å². The average molecular weight is 211 g/mol. The van der Waals surface area contributed by atoms with Gasteiger partial charge < -0.3 is 0 Å². The largest absolute Gasteiger partial charge is 0.273 e. The van der Waals surface area contributed by atoms with Crippen LogP contribution in [0.3, 0.4) is 0 Å². The smallest absolute Gasteiger partial charge is 0.248 e. The molecule has 1 aliphatic heterocycles. The van der Waals surface area contributed by atoms with Gasteiger partial charge in [0, 0.05) is 6.21 Å². The molecule has 1 aromatic carbocycles. The van der Waals surface area contributed by atoms with Gasteiger partial charge in [-0.1, -0.05) is 30.3 Å². The van der Waals surface area contributed by atoms with Gasteiger partial charge in [0.2, 0.25) is 5.91 Å². The lowest BCUT2D eigenvalue weighted by Crippen LogP contribution is -2.19. The Morgan fingerprint density at radius 2 is 2.00 bits per heavy atom. The highest BCUT2D eigenvalue weighted by molar-refractivity contribution is 5.93. The van der Waals surface area contributed by atoms with Gasteiger partial charge in [-0.2, -0.15) is 5.10 Å². The lowest BCUT2D eigenvalue weighted by Gasteiger charge is -2.10. The van der Waals surface area contributed by atoms with Crippen molar-refractivity contribution < 1.29 is 4.79 Å². The molecule has 74 valence electrons. The zero-order valence-corrected chi connectivity index (χ0v) is 8.41. The maximum atomic E-state index is 11.2. The minimum absolute atomic E-state index is 0. The number of carbonyl (C=O) groups excluding carboxylic acids is 1. The first-order chi connectivity index (χ1) is 6.36. The fourth-order valence-electron chi connectivity index (χ4n) is 1.27. The molecule has 3 nitrogen and oxygen atoms in total. The van der Waals surface area contributed by atoms with Gasteiger partial charge in [0.25, 0.3) is 0 Å². The molecule has 0 fully saturated rings. The molecule has 1 amide bonds. The molecule has 0 bridgehead atoms. The zero-order valence-electron chi connectivity index (χ0n) is 7.59. The molecule has 0 radical (unpaired) electrons. The Balaban J connectivity index is 0.000000980. The quantitative estimate of drug-likeness (QED) is 0.733. The topological polar surface area (TPSA) is 32.7 Å². The molecule has 1 heterocycles. The van der Waals surface area contributed by atoms with Crippen LogP contribution >= 0.6 is 12.4 Å². The predicted molar refractivity (Wildman–Crippen MR) is 57.3 cm³/mol. The fraction of sp³-hybridized carbons (Fsp3) is 0.200. The second-order valence-electron chi connectivity index (χ2n) is 2.94. The van der Waals surface area contributed by atoms with Crippen molar-refractivity contribution in [1.82, 2.24) is 5.01 Å². The van der Waals surface area contributed by atoms with Crippen LogP contribution in [-0.2, 0) is 11.3 Å². The number of hydrazone groups is 1. The Morgan fingerprint density at radius 1 is 1.29 bits per heavy atom. The SMILES string of the molecule is Cl.O=C1CC=NN1Cc1ccccc1. The average Bonchev–Trinajstić information content (AvgIpc) is 2.54. The molecule has 4 heteroatoms. The van der Waals surface area contributed by atoms with Crippen molar-refractivity contribution in [3.05, 3.63) is 35.9 Å². The summed E-state index contributed by atoms with van der Waals surface area (Å²) in [5, 5.41) is 5.47. The van der Waals surface area contributed by atoms with E-state index in [-0.39, 0.29) is 18.3 Å². The molecule has 0 atom stereocenters. The highest BCUT2D eigenvalue weighted by atomic mass is 35.5. The molecular formula is C10H11ClN2O. The van der Waals surface area contributed by atoms with E-state index >= 15 is 0 Å². The van der Waals surface area contributed by atoms with E-state index in [1.54, 1.807) is 6.21 Å². The van der Waals surface area contributed by atoms with E-state index in [2.05, 4.69) is 5.10 Å². The van der Waals surface area contributed by atoms with E-state index in [4.69, 9.17) is 0 Å². The molecule has 0 saturated heterocycles. The lowest BCUT2D eigenvalue weighted by molar-refractivity contribution is -0.129. The lowest BCUT2D eigenvalue weighted by atomic mass is 10.2. The van der Waals surface area contributed by atoms with Crippen LogP contribution in [0.1, 0.15) is 12.0 Å². The van der Waals surface area contributed by atoms with Crippen molar-refractivity contribution in [3.8, 4) is 0 Å². The van der Waals surface area contributed by atoms with Crippen LogP contribution in [0.25, 0.3) is 0 Å². The number of halogens is 1. The molecule has 0 N–H and O–H groups in total. The first-order valence-corrected chi connectivity index (χ1v) is 4.23. The molecule has 0 aromatic heterocycles. The van der Waals surface area contributed by atoms with Crippen LogP contribution in [0.5, 0.6) is 0 Å². The molecule has 14 heavy (non-hydrogen) atoms. The second kappa shape index (κ2) is 4.77. The predicted octanol–water partition coefficient (Wildman–Crippen LogP) is 1.83. The monoisotopic (exact) mass is 210 g/mol. The second-order valence-corrected chi connectivity index (χ2v) is 2.94. The van der Waals surface area contributed by atoms with Gasteiger partial charge in [-0.15, -0.1) is 12.4 Å². The van der Waals surface area contributed by atoms with Gasteiger partial charge in [-0.05, 0) is 5.56 Å². The van der Waals surface area contributed by atoms with Crippen LogP contribution in [0, 0.1) is 0 Å². The third kappa shape index (κ3) is 2.33. The Hall–Kier alpha value is -1.35. The van der Waals surface area contributed by atoms with Gasteiger partial charge in [0.1, 0.15) is 0 Å². The number of hydrogen-bond acceptors (Lipinski definition) is 2. The minimum Gasteiger partial charge on any atom is -0.273 e. The summed E-state index contributed by atoms with van der Waals surface area (Å²) in [6.45, 7) is 0.580. The maximum Gasteiger partial charge on any atom is 0.248 e. The molecular weight excluding hydrogens is 200 g/mol. The van der Waals surface area contributed by atoms with Crippen LogP contribution < -0.4 is 0 Å². The van der Waals surface area contributed by atoms with Crippen LogP contribution in [0.4, 0.5) is 0 Å². The summed E-state index contributed by atoms with van der Waals surface area (Å²) in [7, 11) is 0. The van der Waals surface area contributed by atoms with Crippen LogP contribution in [0.2, 0.25) is 0 Å². The normalized spacial score (nSPS) is 14.3. The third-order valence-corrected chi connectivity index (χ3v) is 1.95. The van der Waals surface area contributed by atoms with Crippen molar-refractivity contribution in [1.29, 1.82) is 0 Å². The first kappa shape index (κ1) is 10.7. The molecule has 1 aliphatic rings. The third-order valence-electron chi connectivity index (χ3n) is 1.95. The summed E-state index contributed by atoms with van der Waals surface area (Å²) in [6, 6.07) is 9.85. The molecule has 0 aliphatic carbocycles. The van der Waals surface area contributed by atoms with Crippen molar-refractivity contribution >= 4 is 24.5 Å². The fourth-order valence-corrected chi connectivity index (χ4v) is 1.27. The number of hydrogen-bond donors (Lipinski definition) is 0. The van der Waals surface area contributed by atoms with Crippen molar-refractivity contribution in [2.75, 3.05) is 0 Å². The van der Waals surface area contributed by atoms with Crippen molar-refractivity contribution in [2.24, 2.45) is 5.10 Å². The summed E-state index contributed by atoms with van der Waals surface area (Å²) in [4.78, 5) is 11.2. The van der Waals surface area contributed by atoms with Gasteiger partial charge in [0.15, 0.2) is 0 Å². The molecule has 1 aromatic rings. The standard InChI is InChI=1S/C10H10N2O.ClH/c13-10-6-7-11-12(10)8-9-4-2-1-3-5-9;/h1-5,7H,6,8H2;1H. The summed E-state index contributed by atoms with van der Waals surface area (Å²) in [5.41, 5.74) is 1.11. The van der Waals surface area contributed by atoms with Crippen molar-refractivity contribution in [2.45, 2.75) is 13.0 Å². The van der Waals surface area contributed by atoms with E-state index in [9.17, 15) is 4.79 Å². The van der Waals surface area contributed by atoms with E-state index in [0.717, 1.165) is 5.56 Å². The van der Waals surface area contributed by atoms with Gasteiger partial charge in [-0.25, -0.2) is 5.01 Å². The molecule has 0 unspecified atom stereocenters. The summed E-state index contributed by atoms with van der Waals surface area (Å²) >= 11 is 0. The Labute approximate surface area is 88.8 Å². The molecule has 2 rings (SSSR count). The minimum atomic E-state index is 0. The summed E-state index contributed by atoms with van der Waals surface area (Å²) in [5.74, 6) is 0.0730. The summed E-state index contributed by atoms with van der Waals surface area (Å²) in [6.07, 6.45) is 2.08. The van der Waals surface area contributed by atoms with Crippen LogP contribution in [0.15, 0.2) is 35.4 Å². The van der Waals surface area contributed by atoms with E-state index in [1.165, 1.54) is 5.01 Å². The number of benzene rings is 1. The number of rotatable bonds is 2. The highest BCUT2D eigenvalue weighted by Gasteiger charge is 2.15. The van der Waals surface area contributed by atoms with Crippen LogP contribution in [-0.4, -0.2) is 17.1 Å². The highest BCUT2D eigenvalue weighted by Crippen LogP contribution is 2.09. The van der Waals surface area contributed by atoms with Crippen molar-refractivity contribution in [3.63, 3.8) is 0 Å². The molecule has 0 saturated carbocycles. The Bertz CT molecular complexity index is 337. The Kier molecular flexibility index (Phi) is 3.65. The van der Waals surface area contributed by atoms with Gasteiger partial charge in [0.05, 0.1) is 13.0 Å². The van der Waals surface area contributed by atoms with Gasteiger partial charge in [-0.3, -0.25) is 4.79 Å². The maximum absolute atomic E-state index is 11.2. The van der Waals surface area contributed by atoms with E-state index in [1.807, 2.05) is 30.3 Å². The van der Waals surface area contributed by atoms with E-state index in [0.29, 0.717) is 13.0 Å². The number of amides is 1. The number of nitrogens with zero attached hydrogens (tertiary/aromatic N) is 2. The first-order valence-electron chi connectivity index (χ1n) is 4.23. The summed E-state index contributed by atoms with van der Waals surface area (Å²) < 4.78 is 0. The number of carbonyl (C=O) groups is 1.